The molecule has 120 valence electrons. The van der Waals surface area contributed by atoms with Crippen LogP contribution in [-0.4, -0.2) is 21.6 Å². The normalized spacial score (nSPS) is 10.7. The van der Waals surface area contributed by atoms with Crippen LogP contribution < -0.4 is 9.46 Å². The van der Waals surface area contributed by atoms with E-state index in [9.17, 15) is 8.42 Å². The Morgan fingerprint density at radius 2 is 1.78 bits per heavy atom. The topological polar surface area (TPSA) is 55.4 Å². The maximum atomic E-state index is 12.0. The summed E-state index contributed by atoms with van der Waals surface area (Å²) < 4.78 is 31.8. The Kier molecular flexibility index (Phi) is 6.05. The fraction of sp³-hybridized carbons (Fsp3) is 0.176. The lowest BCUT2D eigenvalue weighted by atomic mass is 10.2. The molecule has 0 bridgehead atoms. The summed E-state index contributed by atoms with van der Waals surface area (Å²) >= 11 is 5.94. The minimum absolute atomic E-state index is 0.0160. The summed E-state index contributed by atoms with van der Waals surface area (Å²) in [4.78, 5) is 0.220. The van der Waals surface area contributed by atoms with Crippen molar-refractivity contribution >= 4 is 21.6 Å². The van der Waals surface area contributed by atoms with Gasteiger partial charge in [-0.1, -0.05) is 53.3 Å². The van der Waals surface area contributed by atoms with Crippen molar-refractivity contribution in [2.24, 2.45) is 0 Å². The van der Waals surface area contributed by atoms with Crippen molar-refractivity contribution in [1.29, 1.82) is 0 Å². The van der Waals surface area contributed by atoms with Crippen LogP contribution in [0.1, 0.15) is 5.56 Å². The summed E-state index contributed by atoms with van der Waals surface area (Å²) in [7, 11) is -3.54. The molecule has 2 aromatic rings. The Balaban J connectivity index is 1.83. The third-order valence-corrected chi connectivity index (χ3v) is 4.67. The Hall–Kier alpha value is -2.00. The van der Waals surface area contributed by atoms with E-state index in [0.29, 0.717) is 10.8 Å². The van der Waals surface area contributed by atoms with Crippen molar-refractivity contribution in [3.63, 3.8) is 0 Å². The number of benzene rings is 2. The molecular formula is C17H16ClNO3S. The van der Waals surface area contributed by atoms with E-state index in [1.54, 1.807) is 42.5 Å². The summed E-state index contributed by atoms with van der Waals surface area (Å²) in [6.45, 7) is 2.05. The Bertz CT molecular complexity index is 821. The SMILES string of the molecule is Cc1ccc(S(=O)(=O)NCC#CCOc2ccccc2Cl)cc1. The number of hydrogen-bond acceptors (Lipinski definition) is 3. The molecule has 0 saturated carbocycles. The molecule has 0 spiro atoms. The van der Waals surface area contributed by atoms with E-state index in [1.807, 2.05) is 13.0 Å². The summed E-state index contributed by atoms with van der Waals surface area (Å²) in [6, 6.07) is 13.7. The van der Waals surface area contributed by atoms with Crippen LogP contribution in [0.4, 0.5) is 0 Å². The van der Waals surface area contributed by atoms with Crippen LogP contribution in [0, 0.1) is 18.8 Å². The van der Waals surface area contributed by atoms with E-state index in [1.165, 1.54) is 0 Å². The zero-order chi connectivity index (χ0) is 16.7. The predicted molar refractivity (Wildman–Crippen MR) is 91.1 cm³/mol. The molecule has 0 amide bonds. The van der Waals surface area contributed by atoms with Gasteiger partial charge in [-0.05, 0) is 31.2 Å². The van der Waals surface area contributed by atoms with Gasteiger partial charge >= 0.3 is 0 Å². The van der Waals surface area contributed by atoms with Crippen LogP contribution in [0.2, 0.25) is 5.02 Å². The van der Waals surface area contributed by atoms with Crippen molar-refractivity contribution < 1.29 is 13.2 Å². The van der Waals surface area contributed by atoms with Crippen LogP contribution in [0.3, 0.4) is 0 Å². The van der Waals surface area contributed by atoms with Gasteiger partial charge in [0, 0.05) is 0 Å². The van der Waals surface area contributed by atoms with Crippen LogP contribution >= 0.6 is 11.6 Å². The maximum absolute atomic E-state index is 12.0. The number of sulfonamides is 1. The highest BCUT2D eigenvalue weighted by atomic mass is 35.5. The van der Waals surface area contributed by atoms with Gasteiger partial charge in [0.15, 0.2) is 0 Å². The second-order valence-corrected chi connectivity index (χ2v) is 6.88. The van der Waals surface area contributed by atoms with Crippen LogP contribution in [-0.2, 0) is 10.0 Å². The molecule has 4 nitrogen and oxygen atoms in total. The van der Waals surface area contributed by atoms with Gasteiger partial charge in [-0.2, -0.15) is 4.72 Å². The van der Waals surface area contributed by atoms with Gasteiger partial charge in [0.2, 0.25) is 10.0 Å². The van der Waals surface area contributed by atoms with Gasteiger partial charge in [0.05, 0.1) is 16.5 Å². The van der Waals surface area contributed by atoms with Gasteiger partial charge in [-0.3, -0.25) is 0 Å². The second kappa shape index (κ2) is 8.02. The number of halogens is 1. The fourth-order valence-electron chi connectivity index (χ4n) is 1.72. The highest BCUT2D eigenvalue weighted by Gasteiger charge is 2.11. The molecule has 0 fully saturated rings. The van der Waals surface area contributed by atoms with Crippen molar-refractivity contribution in [3.8, 4) is 17.6 Å². The molecule has 0 aliphatic carbocycles. The van der Waals surface area contributed by atoms with E-state index in [-0.39, 0.29) is 18.0 Å². The van der Waals surface area contributed by atoms with E-state index in [0.717, 1.165) is 5.56 Å². The van der Waals surface area contributed by atoms with Crippen LogP contribution in [0.15, 0.2) is 53.4 Å². The van der Waals surface area contributed by atoms with Gasteiger partial charge in [0.25, 0.3) is 0 Å². The first kappa shape index (κ1) is 17.4. The highest BCUT2D eigenvalue weighted by Crippen LogP contribution is 2.22. The van der Waals surface area contributed by atoms with E-state index in [4.69, 9.17) is 16.3 Å². The molecule has 0 aromatic heterocycles. The fourth-order valence-corrected chi connectivity index (χ4v) is 2.83. The van der Waals surface area contributed by atoms with E-state index in [2.05, 4.69) is 16.6 Å². The number of aryl methyl sites for hydroxylation is 1. The summed E-state index contributed by atoms with van der Waals surface area (Å²) in [6.07, 6.45) is 0. The molecule has 6 heteroatoms. The molecule has 1 N–H and O–H groups in total. The molecule has 0 atom stereocenters. The van der Waals surface area contributed by atoms with Gasteiger partial charge in [-0.25, -0.2) is 8.42 Å². The standard InChI is InChI=1S/C17H16ClNO3S/c1-14-8-10-15(11-9-14)23(20,21)19-12-4-5-13-22-17-7-3-2-6-16(17)18/h2-3,6-11,19H,12-13H2,1H3. The molecular weight excluding hydrogens is 334 g/mol. The lowest BCUT2D eigenvalue weighted by Crippen LogP contribution is -2.24. The first-order chi connectivity index (χ1) is 11.0. The molecule has 0 aliphatic heterocycles. The van der Waals surface area contributed by atoms with E-state index >= 15 is 0 Å². The molecule has 0 unspecified atom stereocenters. The first-order valence-electron chi connectivity index (χ1n) is 6.88. The second-order valence-electron chi connectivity index (χ2n) is 4.71. The van der Waals surface area contributed by atoms with Crippen molar-refractivity contribution in [1.82, 2.24) is 4.72 Å². The molecule has 2 rings (SSSR count). The smallest absolute Gasteiger partial charge is 0.241 e. The van der Waals surface area contributed by atoms with Crippen LogP contribution in [0.5, 0.6) is 5.75 Å². The van der Waals surface area contributed by atoms with Crippen molar-refractivity contribution in [2.75, 3.05) is 13.2 Å². The van der Waals surface area contributed by atoms with E-state index < -0.39 is 10.0 Å². The molecule has 0 saturated heterocycles. The largest absolute Gasteiger partial charge is 0.479 e. The molecule has 0 heterocycles. The lowest BCUT2D eigenvalue weighted by Gasteiger charge is -2.04. The predicted octanol–water partition coefficient (Wildman–Crippen LogP) is 3.01. The number of rotatable bonds is 5. The lowest BCUT2D eigenvalue weighted by molar-refractivity contribution is 0.370. The number of hydrogen-bond donors (Lipinski definition) is 1. The Labute approximate surface area is 141 Å². The van der Waals surface area contributed by atoms with Crippen LogP contribution in [0.25, 0.3) is 0 Å². The summed E-state index contributed by atoms with van der Waals surface area (Å²) in [5, 5.41) is 0.509. The molecule has 0 aliphatic rings. The Morgan fingerprint density at radius 3 is 2.48 bits per heavy atom. The monoisotopic (exact) mass is 349 g/mol. The Morgan fingerprint density at radius 1 is 1.09 bits per heavy atom. The zero-order valence-electron chi connectivity index (χ0n) is 12.5. The third-order valence-electron chi connectivity index (χ3n) is 2.94. The third kappa shape index (κ3) is 5.29. The van der Waals surface area contributed by atoms with Crippen molar-refractivity contribution in [2.45, 2.75) is 11.8 Å². The maximum Gasteiger partial charge on any atom is 0.241 e. The van der Waals surface area contributed by atoms with Crippen molar-refractivity contribution in [3.05, 3.63) is 59.1 Å². The minimum Gasteiger partial charge on any atom is -0.479 e. The zero-order valence-corrected chi connectivity index (χ0v) is 14.1. The summed E-state index contributed by atoms with van der Waals surface area (Å²) in [5.74, 6) is 5.99. The minimum atomic E-state index is -3.54. The highest BCUT2D eigenvalue weighted by molar-refractivity contribution is 7.89. The average molecular weight is 350 g/mol. The van der Waals surface area contributed by atoms with Gasteiger partial charge in [0.1, 0.15) is 12.4 Å². The molecule has 0 radical (unpaired) electrons. The van der Waals surface area contributed by atoms with Gasteiger partial charge < -0.3 is 4.74 Å². The quantitative estimate of drug-likeness (QED) is 0.844. The molecule has 2 aromatic carbocycles. The number of ether oxygens (including phenoxy) is 1. The summed E-state index contributed by atoms with van der Waals surface area (Å²) in [5.41, 5.74) is 1.00. The average Bonchev–Trinajstić information content (AvgIpc) is 2.52. The number of para-hydroxylation sites is 1. The van der Waals surface area contributed by atoms with Gasteiger partial charge in [-0.15, -0.1) is 0 Å². The number of nitrogens with one attached hydrogen (secondary N) is 1. The first-order valence-corrected chi connectivity index (χ1v) is 8.74. The molecule has 23 heavy (non-hydrogen) atoms.